The van der Waals surface area contributed by atoms with Crippen molar-refractivity contribution in [3.8, 4) is 0 Å². The molecule has 2 aliphatic rings. The number of hydrogen-bond acceptors (Lipinski definition) is 4. The molecule has 4 rings (SSSR count). The van der Waals surface area contributed by atoms with Gasteiger partial charge in [-0.15, -0.1) is 11.3 Å². The molecule has 23 heavy (non-hydrogen) atoms. The van der Waals surface area contributed by atoms with Crippen LogP contribution in [0.4, 0.5) is 0 Å². The lowest BCUT2D eigenvalue weighted by Crippen LogP contribution is -2.40. The highest BCUT2D eigenvalue weighted by molar-refractivity contribution is 7.13. The summed E-state index contributed by atoms with van der Waals surface area (Å²) < 4.78 is 2.25. The molecule has 2 aromatic rings. The van der Waals surface area contributed by atoms with Crippen LogP contribution in [0.1, 0.15) is 65.1 Å². The number of likely N-dealkylation sites (tertiary alicyclic amines) is 1. The maximum absolute atomic E-state index is 12.8. The Hall–Kier alpha value is -1.69. The van der Waals surface area contributed by atoms with Crippen molar-refractivity contribution in [1.82, 2.24) is 19.4 Å². The van der Waals surface area contributed by atoms with Crippen LogP contribution in [-0.4, -0.2) is 38.4 Å². The van der Waals surface area contributed by atoms with Gasteiger partial charge in [0.05, 0.1) is 17.2 Å². The average molecular weight is 330 g/mol. The number of piperidine rings is 1. The van der Waals surface area contributed by atoms with Gasteiger partial charge in [-0.2, -0.15) is 0 Å². The van der Waals surface area contributed by atoms with Crippen LogP contribution in [-0.2, 0) is 6.42 Å². The van der Waals surface area contributed by atoms with E-state index in [-0.39, 0.29) is 5.91 Å². The number of carbonyl (C=O) groups excluding carboxylic acids is 1. The van der Waals surface area contributed by atoms with E-state index in [1.165, 1.54) is 12.8 Å². The summed E-state index contributed by atoms with van der Waals surface area (Å²) in [7, 11) is 0. The summed E-state index contributed by atoms with van der Waals surface area (Å²) in [6.07, 6.45) is 11.2. The van der Waals surface area contributed by atoms with Gasteiger partial charge in [0, 0.05) is 37.8 Å². The lowest BCUT2D eigenvalue weighted by molar-refractivity contribution is 0.0682. The van der Waals surface area contributed by atoms with E-state index >= 15 is 0 Å². The zero-order valence-corrected chi connectivity index (χ0v) is 14.3. The van der Waals surface area contributed by atoms with Crippen molar-refractivity contribution in [2.45, 2.75) is 51.0 Å². The van der Waals surface area contributed by atoms with Crippen LogP contribution >= 0.6 is 11.3 Å². The van der Waals surface area contributed by atoms with Crippen LogP contribution in [0.15, 0.2) is 18.6 Å². The first-order chi connectivity index (χ1) is 11.3. The number of carbonyl (C=O) groups is 1. The van der Waals surface area contributed by atoms with Gasteiger partial charge in [0.25, 0.3) is 5.91 Å². The first kappa shape index (κ1) is 14.9. The summed E-state index contributed by atoms with van der Waals surface area (Å²) in [5, 5.41) is 1.14. The van der Waals surface area contributed by atoms with Crippen LogP contribution in [0.25, 0.3) is 0 Å². The second kappa shape index (κ2) is 6.07. The van der Waals surface area contributed by atoms with Gasteiger partial charge in [0.15, 0.2) is 0 Å². The van der Waals surface area contributed by atoms with Crippen molar-refractivity contribution in [2.24, 2.45) is 0 Å². The van der Waals surface area contributed by atoms with Crippen LogP contribution in [0.5, 0.6) is 0 Å². The number of nitrogens with zero attached hydrogens (tertiary/aromatic N) is 4. The lowest BCUT2D eigenvalue weighted by atomic mass is 10.0. The number of aryl methyl sites for hydroxylation is 1. The summed E-state index contributed by atoms with van der Waals surface area (Å²) >= 11 is 1.59. The molecule has 5 nitrogen and oxygen atoms in total. The first-order valence-electron chi connectivity index (χ1n) is 8.53. The Balaban J connectivity index is 1.48. The van der Waals surface area contributed by atoms with Gasteiger partial charge in [0.2, 0.25) is 0 Å². The zero-order chi connectivity index (χ0) is 15.8. The monoisotopic (exact) mass is 330 g/mol. The number of rotatable bonds is 4. The minimum Gasteiger partial charge on any atom is -0.336 e. The van der Waals surface area contributed by atoms with E-state index in [0.717, 1.165) is 48.1 Å². The number of hydrogen-bond donors (Lipinski definition) is 0. The number of amides is 1. The van der Waals surface area contributed by atoms with Gasteiger partial charge in [-0.1, -0.05) is 6.92 Å². The fraction of sp³-hybridized carbons (Fsp3) is 0.588. The van der Waals surface area contributed by atoms with Crippen LogP contribution in [0.2, 0.25) is 0 Å². The van der Waals surface area contributed by atoms with Crippen molar-refractivity contribution in [3.05, 3.63) is 34.3 Å². The number of thiazole rings is 1. The Labute approximate surface area is 140 Å². The Morgan fingerprint density at radius 1 is 1.35 bits per heavy atom. The molecule has 1 aliphatic heterocycles. The lowest BCUT2D eigenvalue weighted by Gasteiger charge is -2.33. The standard InChI is InChI=1S/C17H22N4OS/c1-2-15-18-7-9-21(15)13-4-3-8-20(11-13)17(22)14-10-19-16(23-14)12-5-6-12/h7,9-10,12-13H,2-6,8,11H2,1H3. The molecular formula is C17H22N4OS. The van der Waals surface area contributed by atoms with Gasteiger partial charge >= 0.3 is 0 Å². The van der Waals surface area contributed by atoms with Gasteiger partial charge in [-0.05, 0) is 25.7 Å². The Morgan fingerprint density at radius 3 is 3.00 bits per heavy atom. The smallest absolute Gasteiger partial charge is 0.265 e. The van der Waals surface area contributed by atoms with Crippen molar-refractivity contribution in [3.63, 3.8) is 0 Å². The van der Waals surface area contributed by atoms with Crippen LogP contribution < -0.4 is 0 Å². The van der Waals surface area contributed by atoms with Crippen molar-refractivity contribution in [1.29, 1.82) is 0 Å². The molecule has 1 amide bonds. The normalized spacial score (nSPS) is 21.6. The largest absolute Gasteiger partial charge is 0.336 e. The van der Waals surface area contributed by atoms with Gasteiger partial charge in [0.1, 0.15) is 10.7 Å². The summed E-state index contributed by atoms with van der Waals surface area (Å²) in [4.78, 5) is 24.5. The molecule has 122 valence electrons. The van der Waals surface area contributed by atoms with Crippen molar-refractivity contribution >= 4 is 17.2 Å². The molecule has 1 saturated heterocycles. The topological polar surface area (TPSA) is 51.0 Å². The minimum absolute atomic E-state index is 0.150. The number of imidazole rings is 1. The highest BCUT2D eigenvalue weighted by Crippen LogP contribution is 2.42. The molecule has 1 aliphatic carbocycles. The molecule has 2 aromatic heterocycles. The molecule has 0 radical (unpaired) electrons. The third kappa shape index (κ3) is 2.92. The quantitative estimate of drug-likeness (QED) is 0.864. The van der Waals surface area contributed by atoms with E-state index in [1.807, 2.05) is 11.1 Å². The molecule has 1 unspecified atom stereocenters. The van der Waals surface area contributed by atoms with Crippen molar-refractivity contribution < 1.29 is 4.79 Å². The van der Waals surface area contributed by atoms with Crippen molar-refractivity contribution in [2.75, 3.05) is 13.1 Å². The highest BCUT2D eigenvalue weighted by Gasteiger charge is 2.30. The third-order valence-corrected chi connectivity index (χ3v) is 5.95. The van der Waals surface area contributed by atoms with E-state index < -0.39 is 0 Å². The van der Waals surface area contributed by atoms with Crippen LogP contribution in [0.3, 0.4) is 0 Å². The zero-order valence-electron chi connectivity index (χ0n) is 13.4. The predicted molar refractivity (Wildman–Crippen MR) is 89.9 cm³/mol. The van der Waals surface area contributed by atoms with Gasteiger partial charge < -0.3 is 9.47 Å². The second-order valence-corrected chi connectivity index (χ2v) is 7.55. The van der Waals surface area contributed by atoms with E-state index in [4.69, 9.17) is 0 Å². The predicted octanol–water partition coefficient (Wildman–Crippen LogP) is 3.26. The maximum Gasteiger partial charge on any atom is 0.265 e. The molecular weight excluding hydrogens is 308 g/mol. The molecule has 0 spiro atoms. The first-order valence-corrected chi connectivity index (χ1v) is 9.34. The van der Waals surface area contributed by atoms with Crippen LogP contribution in [0, 0.1) is 0 Å². The molecule has 0 aromatic carbocycles. The Bertz CT molecular complexity index is 703. The SMILES string of the molecule is CCc1nccn1C1CCCN(C(=O)c2cnc(C3CC3)s2)C1. The Morgan fingerprint density at radius 2 is 2.22 bits per heavy atom. The molecule has 6 heteroatoms. The second-order valence-electron chi connectivity index (χ2n) is 6.49. The van der Waals surface area contributed by atoms with E-state index in [0.29, 0.717) is 12.0 Å². The molecule has 3 heterocycles. The molecule has 2 fully saturated rings. The maximum atomic E-state index is 12.8. The van der Waals surface area contributed by atoms with E-state index in [9.17, 15) is 4.79 Å². The highest BCUT2D eigenvalue weighted by atomic mass is 32.1. The summed E-state index contributed by atoms with van der Waals surface area (Å²) in [6, 6.07) is 0.348. The van der Waals surface area contributed by atoms with Gasteiger partial charge in [-0.25, -0.2) is 9.97 Å². The summed E-state index contributed by atoms with van der Waals surface area (Å²) in [5.74, 6) is 1.88. The van der Waals surface area contributed by atoms with E-state index in [1.54, 1.807) is 17.5 Å². The average Bonchev–Trinajstić information content (AvgIpc) is 3.14. The fourth-order valence-electron chi connectivity index (χ4n) is 3.38. The molecule has 1 saturated carbocycles. The van der Waals surface area contributed by atoms with E-state index in [2.05, 4.69) is 27.7 Å². The molecule has 0 bridgehead atoms. The molecule has 1 atom stereocenters. The van der Waals surface area contributed by atoms with Gasteiger partial charge in [-0.3, -0.25) is 4.79 Å². The number of aromatic nitrogens is 3. The minimum atomic E-state index is 0.150. The summed E-state index contributed by atoms with van der Waals surface area (Å²) in [5.41, 5.74) is 0. The summed E-state index contributed by atoms with van der Waals surface area (Å²) in [6.45, 7) is 3.75. The Kier molecular flexibility index (Phi) is 3.93. The molecule has 0 N–H and O–H groups in total. The third-order valence-electron chi connectivity index (χ3n) is 4.80. The fourth-order valence-corrected chi connectivity index (χ4v) is 4.43.